The van der Waals surface area contributed by atoms with E-state index < -0.39 is 0 Å². The Bertz CT molecular complexity index is 717. The van der Waals surface area contributed by atoms with Gasteiger partial charge in [0.1, 0.15) is 0 Å². The fourth-order valence-electron chi connectivity index (χ4n) is 6.43. The van der Waals surface area contributed by atoms with Gasteiger partial charge in [-0.15, -0.1) is 24.0 Å². The van der Waals surface area contributed by atoms with Gasteiger partial charge in [-0.05, 0) is 62.8 Å². The van der Waals surface area contributed by atoms with E-state index in [0.29, 0.717) is 19.5 Å². The second kappa shape index (κ2) is 12.0. The standard InChI is InChI=1S/C25H41N5O2.HI/c1-4-26-25(27-9-5-11-29-15-17(2)13-18(3)16-29)28-10-6-12-30-23(31)21-19-7-8-20(14-19)22(21)24(30)32;/h7-8,17-22H,4-6,9-16H2,1-3H3,(H2,26,27,28);1H. The van der Waals surface area contributed by atoms with Gasteiger partial charge >= 0.3 is 0 Å². The zero-order chi connectivity index (χ0) is 22.7. The molecular weight excluding hydrogens is 529 g/mol. The number of likely N-dealkylation sites (tertiary alicyclic amines) is 2. The van der Waals surface area contributed by atoms with Crippen LogP contribution in [0.2, 0.25) is 0 Å². The molecule has 2 aliphatic heterocycles. The number of hydrogen-bond donors (Lipinski definition) is 2. The second-order valence-electron chi connectivity index (χ2n) is 10.4. The highest BCUT2D eigenvalue weighted by Crippen LogP contribution is 2.52. The molecule has 0 aromatic rings. The molecule has 2 amide bonds. The molecule has 2 bridgehead atoms. The second-order valence-corrected chi connectivity index (χ2v) is 10.4. The average molecular weight is 572 g/mol. The largest absolute Gasteiger partial charge is 0.357 e. The lowest BCUT2D eigenvalue weighted by Crippen LogP contribution is -2.41. The van der Waals surface area contributed by atoms with Crippen molar-refractivity contribution in [3.63, 3.8) is 0 Å². The number of piperidine rings is 1. The molecule has 0 spiro atoms. The zero-order valence-corrected chi connectivity index (χ0v) is 22.8. The summed E-state index contributed by atoms with van der Waals surface area (Å²) in [6.07, 6.45) is 8.43. The van der Waals surface area contributed by atoms with Crippen LogP contribution in [0.25, 0.3) is 0 Å². The first-order chi connectivity index (χ1) is 15.5. The maximum Gasteiger partial charge on any atom is 0.233 e. The number of guanidine groups is 1. The van der Waals surface area contributed by atoms with Gasteiger partial charge in [0, 0.05) is 39.3 Å². The lowest BCUT2D eigenvalue weighted by molar-refractivity contribution is -0.140. The molecule has 2 aliphatic carbocycles. The summed E-state index contributed by atoms with van der Waals surface area (Å²) in [6.45, 7) is 13.1. The molecule has 2 saturated heterocycles. The van der Waals surface area contributed by atoms with E-state index in [1.54, 1.807) is 0 Å². The summed E-state index contributed by atoms with van der Waals surface area (Å²) in [6, 6.07) is 0. The molecule has 2 N–H and O–H groups in total. The Kier molecular flexibility index (Phi) is 9.62. The van der Waals surface area contributed by atoms with E-state index in [4.69, 9.17) is 0 Å². The van der Waals surface area contributed by atoms with Crippen LogP contribution >= 0.6 is 24.0 Å². The van der Waals surface area contributed by atoms with Gasteiger partial charge in [0.15, 0.2) is 5.96 Å². The lowest BCUT2D eigenvalue weighted by Gasteiger charge is -2.35. The maximum absolute atomic E-state index is 12.8. The Morgan fingerprint density at radius 1 is 0.970 bits per heavy atom. The molecule has 33 heavy (non-hydrogen) atoms. The first-order valence-electron chi connectivity index (χ1n) is 12.8. The van der Waals surface area contributed by atoms with Crippen molar-refractivity contribution < 1.29 is 9.59 Å². The van der Waals surface area contributed by atoms with Crippen molar-refractivity contribution in [3.8, 4) is 0 Å². The molecule has 2 heterocycles. The third-order valence-corrected chi connectivity index (χ3v) is 7.60. The maximum atomic E-state index is 12.8. The van der Waals surface area contributed by atoms with Crippen LogP contribution in [-0.4, -0.2) is 73.4 Å². The van der Waals surface area contributed by atoms with Crippen LogP contribution in [0.15, 0.2) is 17.1 Å². The monoisotopic (exact) mass is 571 g/mol. The minimum Gasteiger partial charge on any atom is -0.357 e. The van der Waals surface area contributed by atoms with Gasteiger partial charge in [0.2, 0.25) is 11.8 Å². The summed E-state index contributed by atoms with van der Waals surface area (Å²) in [5.41, 5.74) is 0. The average Bonchev–Trinajstić information content (AvgIpc) is 3.42. The van der Waals surface area contributed by atoms with E-state index in [1.807, 2.05) is 0 Å². The van der Waals surface area contributed by atoms with Gasteiger partial charge in [-0.2, -0.15) is 0 Å². The molecule has 7 nitrogen and oxygen atoms in total. The number of carbonyl (C=O) groups is 2. The van der Waals surface area contributed by atoms with Crippen molar-refractivity contribution in [2.24, 2.45) is 40.5 Å². The molecule has 3 fully saturated rings. The molecule has 6 atom stereocenters. The number of imide groups is 1. The van der Waals surface area contributed by atoms with Crippen molar-refractivity contribution in [1.82, 2.24) is 20.4 Å². The van der Waals surface area contributed by atoms with Gasteiger partial charge in [0.05, 0.1) is 11.8 Å². The molecule has 0 aromatic heterocycles. The van der Waals surface area contributed by atoms with Crippen LogP contribution in [-0.2, 0) is 9.59 Å². The van der Waals surface area contributed by atoms with Crippen molar-refractivity contribution in [2.45, 2.75) is 46.5 Å². The number of nitrogens with one attached hydrogen (secondary N) is 2. The number of fused-ring (bicyclic) bond motifs is 5. The third-order valence-electron chi connectivity index (χ3n) is 7.60. The highest BCUT2D eigenvalue weighted by atomic mass is 127. The quantitative estimate of drug-likeness (QED) is 0.111. The molecule has 4 aliphatic rings. The van der Waals surface area contributed by atoms with E-state index in [2.05, 4.69) is 53.4 Å². The number of rotatable bonds is 9. The van der Waals surface area contributed by atoms with Crippen LogP contribution < -0.4 is 10.6 Å². The van der Waals surface area contributed by atoms with Gasteiger partial charge in [-0.25, -0.2) is 0 Å². The number of amides is 2. The Morgan fingerprint density at radius 3 is 2.21 bits per heavy atom. The number of carbonyl (C=O) groups excluding carboxylic acids is 2. The molecule has 0 aromatic carbocycles. The van der Waals surface area contributed by atoms with Gasteiger partial charge in [0.25, 0.3) is 0 Å². The molecular formula is C25H42IN5O2. The fourth-order valence-corrected chi connectivity index (χ4v) is 6.43. The van der Waals surface area contributed by atoms with Gasteiger partial charge in [-0.1, -0.05) is 26.0 Å². The Hall–Kier alpha value is -1.16. The molecule has 0 radical (unpaired) electrons. The first-order valence-corrected chi connectivity index (χ1v) is 12.8. The summed E-state index contributed by atoms with van der Waals surface area (Å²) >= 11 is 0. The highest BCUT2D eigenvalue weighted by Gasteiger charge is 2.58. The molecule has 6 unspecified atom stereocenters. The van der Waals surface area contributed by atoms with Crippen LogP contribution in [0.1, 0.15) is 46.5 Å². The lowest BCUT2D eigenvalue weighted by atomic mass is 9.85. The van der Waals surface area contributed by atoms with Crippen molar-refractivity contribution in [3.05, 3.63) is 12.2 Å². The number of allylic oxidation sites excluding steroid dienone is 2. The minimum absolute atomic E-state index is 0. The van der Waals surface area contributed by atoms with E-state index in [1.165, 1.54) is 24.4 Å². The number of nitrogens with zero attached hydrogens (tertiary/aromatic N) is 3. The summed E-state index contributed by atoms with van der Waals surface area (Å²) in [5, 5.41) is 6.74. The number of halogens is 1. The smallest absolute Gasteiger partial charge is 0.233 e. The van der Waals surface area contributed by atoms with Crippen LogP contribution in [0.4, 0.5) is 0 Å². The van der Waals surface area contributed by atoms with Gasteiger partial charge < -0.3 is 15.5 Å². The number of aliphatic imine (C=N–C) groups is 1. The molecule has 1 saturated carbocycles. The predicted molar refractivity (Wildman–Crippen MR) is 142 cm³/mol. The summed E-state index contributed by atoms with van der Waals surface area (Å²) in [5.74, 6) is 2.90. The molecule has 4 rings (SSSR count). The molecule has 8 heteroatoms. The Labute approximate surface area is 216 Å². The fraction of sp³-hybridized carbons (Fsp3) is 0.800. The summed E-state index contributed by atoms with van der Waals surface area (Å²) in [7, 11) is 0. The highest BCUT2D eigenvalue weighted by molar-refractivity contribution is 14.0. The third kappa shape index (κ3) is 6.10. The zero-order valence-electron chi connectivity index (χ0n) is 20.5. The predicted octanol–water partition coefficient (Wildman–Crippen LogP) is 2.72. The Morgan fingerprint density at radius 2 is 1.61 bits per heavy atom. The van der Waals surface area contributed by atoms with E-state index in [9.17, 15) is 9.59 Å². The van der Waals surface area contributed by atoms with Crippen molar-refractivity contribution in [1.29, 1.82) is 0 Å². The van der Waals surface area contributed by atoms with Crippen LogP contribution in [0, 0.1) is 35.5 Å². The molecule has 186 valence electrons. The number of hydrogen-bond acceptors (Lipinski definition) is 4. The SMILES string of the molecule is CCNC(=NCCCN1C(=O)C2C3C=CC(C3)C2C1=O)NCCCN1CC(C)CC(C)C1.I. The van der Waals surface area contributed by atoms with Gasteiger partial charge in [-0.3, -0.25) is 19.5 Å². The summed E-state index contributed by atoms with van der Waals surface area (Å²) < 4.78 is 0. The Balaban J connectivity index is 0.00000306. The van der Waals surface area contributed by atoms with Crippen molar-refractivity contribution >= 4 is 41.8 Å². The van der Waals surface area contributed by atoms with Crippen molar-refractivity contribution in [2.75, 3.05) is 45.8 Å². The normalized spacial score (nSPS) is 33.4. The van der Waals surface area contributed by atoms with Crippen LogP contribution in [0.3, 0.4) is 0 Å². The first kappa shape index (κ1) is 26.4. The van der Waals surface area contributed by atoms with E-state index >= 15 is 0 Å². The topological polar surface area (TPSA) is 77.0 Å². The van der Waals surface area contributed by atoms with E-state index in [0.717, 1.165) is 50.3 Å². The summed E-state index contributed by atoms with van der Waals surface area (Å²) in [4.78, 5) is 34.3. The van der Waals surface area contributed by atoms with E-state index in [-0.39, 0.29) is 59.5 Å². The van der Waals surface area contributed by atoms with Crippen LogP contribution in [0.5, 0.6) is 0 Å². The minimum atomic E-state index is -0.0918.